The molecule has 1 aromatic carbocycles. The van der Waals surface area contributed by atoms with Gasteiger partial charge in [-0.1, -0.05) is 50.6 Å². The molecule has 3 heteroatoms. The third-order valence-electron chi connectivity index (χ3n) is 3.89. The molecule has 2 rings (SSSR count). The normalized spacial score (nSPS) is 25.7. The number of benzene rings is 1. The molecule has 0 aromatic heterocycles. The monoisotopic (exact) mass is 281 g/mol. The van der Waals surface area contributed by atoms with Gasteiger partial charge in [-0.3, -0.25) is 0 Å². The number of ether oxygens (including phenoxy) is 2. The van der Waals surface area contributed by atoms with E-state index in [9.17, 15) is 0 Å². The summed E-state index contributed by atoms with van der Waals surface area (Å²) in [4.78, 5) is 0. The van der Waals surface area contributed by atoms with Gasteiger partial charge in [-0.25, -0.2) is 0 Å². The average Bonchev–Trinajstić information content (AvgIpc) is 2.80. The van der Waals surface area contributed by atoms with E-state index in [4.69, 9.17) is 21.1 Å². The van der Waals surface area contributed by atoms with Gasteiger partial charge in [-0.15, -0.1) is 0 Å². The van der Waals surface area contributed by atoms with Crippen molar-refractivity contribution in [2.45, 2.75) is 57.5 Å². The van der Waals surface area contributed by atoms with Gasteiger partial charge >= 0.3 is 0 Å². The molecule has 1 aliphatic heterocycles. The summed E-state index contributed by atoms with van der Waals surface area (Å²) in [5.74, 6) is -0.436. The number of rotatable bonds is 5. The highest BCUT2D eigenvalue weighted by Crippen LogP contribution is 2.37. The molecule has 1 aliphatic rings. The van der Waals surface area contributed by atoms with E-state index in [2.05, 4.69) is 20.8 Å². The van der Waals surface area contributed by atoms with Crippen LogP contribution in [0.4, 0.5) is 0 Å². The molecule has 19 heavy (non-hydrogen) atoms. The fourth-order valence-corrected chi connectivity index (χ4v) is 2.83. The Hall–Kier alpha value is -0.570. The lowest BCUT2D eigenvalue weighted by molar-refractivity contribution is -0.178. The SMILES string of the molecule is [CH2]CC1OC(CC)(CC)OC1Cc1ccccc1Cl. The quantitative estimate of drug-likeness (QED) is 0.796. The van der Waals surface area contributed by atoms with Crippen LogP contribution in [0.2, 0.25) is 5.02 Å². The van der Waals surface area contributed by atoms with Crippen LogP contribution >= 0.6 is 11.6 Å². The summed E-state index contributed by atoms with van der Waals surface area (Å²) in [5.41, 5.74) is 1.11. The Bertz CT molecular complexity index is 415. The molecule has 1 fully saturated rings. The van der Waals surface area contributed by atoms with Crippen molar-refractivity contribution in [1.82, 2.24) is 0 Å². The van der Waals surface area contributed by atoms with Crippen molar-refractivity contribution in [2.24, 2.45) is 0 Å². The fourth-order valence-electron chi connectivity index (χ4n) is 2.61. The molecule has 0 bridgehead atoms. The van der Waals surface area contributed by atoms with Crippen molar-refractivity contribution >= 4 is 11.6 Å². The first-order chi connectivity index (χ1) is 9.14. The molecule has 1 heterocycles. The van der Waals surface area contributed by atoms with Gasteiger partial charge in [0.15, 0.2) is 5.79 Å². The van der Waals surface area contributed by atoms with E-state index in [0.717, 1.165) is 36.3 Å². The predicted octanol–water partition coefficient (Wildman–Crippen LogP) is 4.41. The highest BCUT2D eigenvalue weighted by atomic mass is 35.5. The third kappa shape index (κ3) is 3.13. The summed E-state index contributed by atoms with van der Waals surface area (Å²) in [6.07, 6.45) is 3.31. The lowest BCUT2D eigenvalue weighted by atomic mass is 10.0. The number of hydrogen-bond donors (Lipinski definition) is 0. The first-order valence-electron chi connectivity index (χ1n) is 7.02. The Morgan fingerprint density at radius 3 is 2.37 bits per heavy atom. The number of hydrogen-bond acceptors (Lipinski definition) is 2. The molecule has 1 radical (unpaired) electrons. The van der Waals surface area contributed by atoms with Crippen LogP contribution in [0.5, 0.6) is 0 Å². The lowest BCUT2D eigenvalue weighted by Gasteiger charge is -2.25. The predicted molar refractivity (Wildman–Crippen MR) is 78.2 cm³/mol. The molecular weight excluding hydrogens is 260 g/mol. The largest absolute Gasteiger partial charge is 0.344 e. The van der Waals surface area contributed by atoms with Crippen LogP contribution < -0.4 is 0 Å². The standard InChI is InChI=1S/C16H22ClO2/c1-4-14-15(19-16(5-2,6-3)18-14)11-12-9-7-8-10-13(12)17/h7-10,14-15H,1,4-6,11H2,2-3H3. The molecule has 0 spiro atoms. The van der Waals surface area contributed by atoms with E-state index < -0.39 is 5.79 Å². The molecule has 2 nitrogen and oxygen atoms in total. The van der Waals surface area contributed by atoms with Crippen LogP contribution in [-0.4, -0.2) is 18.0 Å². The molecule has 105 valence electrons. The van der Waals surface area contributed by atoms with Crippen molar-refractivity contribution in [3.63, 3.8) is 0 Å². The first-order valence-corrected chi connectivity index (χ1v) is 7.40. The van der Waals surface area contributed by atoms with Crippen LogP contribution in [0.25, 0.3) is 0 Å². The van der Waals surface area contributed by atoms with Crippen LogP contribution in [0.1, 0.15) is 38.7 Å². The van der Waals surface area contributed by atoms with Crippen LogP contribution in [0.3, 0.4) is 0 Å². The molecule has 0 N–H and O–H groups in total. The van der Waals surface area contributed by atoms with Gasteiger partial charge in [-0.05, 0) is 30.9 Å². The maximum absolute atomic E-state index is 6.22. The molecule has 2 atom stereocenters. The lowest BCUT2D eigenvalue weighted by Crippen LogP contribution is -2.29. The Kier molecular flexibility index (Phi) is 4.88. The van der Waals surface area contributed by atoms with Gasteiger partial charge in [0.25, 0.3) is 0 Å². The second kappa shape index (κ2) is 6.25. The van der Waals surface area contributed by atoms with Gasteiger partial charge < -0.3 is 9.47 Å². The Labute approximate surface area is 121 Å². The topological polar surface area (TPSA) is 18.5 Å². The van der Waals surface area contributed by atoms with Gasteiger partial charge in [0.2, 0.25) is 0 Å². The molecule has 0 aliphatic carbocycles. The van der Waals surface area contributed by atoms with Crippen molar-refractivity contribution < 1.29 is 9.47 Å². The van der Waals surface area contributed by atoms with Crippen molar-refractivity contribution in [3.8, 4) is 0 Å². The molecule has 2 unspecified atom stereocenters. The zero-order chi connectivity index (χ0) is 13.9. The van der Waals surface area contributed by atoms with E-state index in [1.807, 2.05) is 24.3 Å². The minimum atomic E-state index is -0.436. The summed E-state index contributed by atoms with van der Waals surface area (Å²) in [6.45, 7) is 8.18. The van der Waals surface area contributed by atoms with E-state index in [1.165, 1.54) is 0 Å². The summed E-state index contributed by atoms with van der Waals surface area (Å²) >= 11 is 6.22. The summed E-state index contributed by atoms with van der Waals surface area (Å²) in [5, 5.41) is 0.791. The molecule has 0 amide bonds. The van der Waals surface area contributed by atoms with Crippen molar-refractivity contribution in [2.75, 3.05) is 0 Å². The highest BCUT2D eigenvalue weighted by Gasteiger charge is 2.44. The highest BCUT2D eigenvalue weighted by molar-refractivity contribution is 6.31. The van der Waals surface area contributed by atoms with E-state index >= 15 is 0 Å². The third-order valence-corrected chi connectivity index (χ3v) is 4.26. The summed E-state index contributed by atoms with van der Waals surface area (Å²) in [7, 11) is 0. The molecular formula is C16H22ClO2. The average molecular weight is 282 g/mol. The maximum atomic E-state index is 6.22. The molecule has 0 saturated carbocycles. The van der Waals surface area contributed by atoms with Crippen LogP contribution in [0, 0.1) is 6.92 Å². The van der Waals surface area contributed by atoms with E-state index in [1.54, 1.807) is 0 Å². The zero-order valence-electron chi connectivity index (χ0n) is 11.7. The Morgan fingerprint density at radius 1 is 1.16 bits per heavy atom. The second-order valence-electron chi connectivity index (χ2n) is 5.01. The van der Waals surface area contributed by atoms with Crippen LogP contribution in [-0.2, 0) is 15.9 Å². The molecule has 1 aromatic rings. The zero-order valence-corrected chi connectivity index (χ0v) is 12.5. The smallest absolute Gasteiger partial charge is 0.168 e. The van der Waals surface area contributed by atoms with Crippen LogP contribution in [0.15, 0.2) is 24.3 Å². The van der Waals surface area contributed by atoms with Crippen molar-refractivity contribution in [1.29, 1.82) is 0 Å². The Morgan fingerprint density at radius 2 is 1.79 bits per heavy atom. The molecule has 1 saturated heterocycles. The first kappa shape index (κ1) is 14.8. The van der Waals surface area contributed by atoms with Gasteiger partial charge in [0.1, 0.15) is 0 Å². The fraction of sp³-hybridized carbons (Fsp3) is 0.562. The number of halogens is 1. The van der Waals surface area contributed by atoms with E-state index in [0.29, 0.717) is 0 Å². The second-order valence-corrected chi connectivity index (χ2v) is 5.42. The minimum absolute atomic E-state index is 0.0392. The summed E-state index contributed by atoms with van der Waals surface area (Å²) < 4.78 is 12.3. The minimum Gasteiger partial charge on any atom is -0.344 e. The van der Waals surface area contributed by atoms with Crippen molar-refractivity contribution in [3.05, 3.63) is 41.8 Å². The van der Waals surface area contributed by atoms with Gasteiger partial charge in [0.05, 0.1) is 12.2 Å². The summed E-state index contributed by atoms with van der Waals surface area (Å²) in [6, 6.07) is 7.91. The van der Waals surface area contributed by atoms with E-state index in [-0.39, 0.29) is 12.2 Å². The van der Waals surface area contributed by atoms with Gasteiger partial charge in [-0.2, -0.15) is 0 Å². The maximum Gasteiger partial charge on any atom is 0.168 e. The van der Waals surface area contributed by atoms with Gasteiger partial charge in [0, 0.05) is 11.4 Å². The Balaban J connectivity index is 2.13.